The van der Waals surface area contributed by atoms with Crippen molar-refractivity contribution in [3.8, 4) is 11.5 Å². The van der Waals surface area contributed by atoms with Crippen molar-refractivity contribution in [2.45, 2.75) is 6.54 Å². The maximum absolute atomic E-state index is 9.70. The van der Waals surface area contributed by atoms with E-state index in [1.807, 2.05) is 25.1 Å². The number of ether oxygens (including phenoxy) is 1. The van der Waals surface area contributed by atoms with E-state index in [0.717, 1.165) is 12.1 Å². The molecule has 0 radical (unpaired) electrons. The molecule has 1 N–H and O–H groups in total. The molecule has 0 heterocycles. The normalized spacial score (nSPS) is 10.6. The van der Waals surface area contributed by atoms with Crippen LogP contribution in [0.2, 0.25) is 0 Å². The van der Waals surface area contributed by atoms with E-state index in [4.69, 9.17) is 4.74 Å². The molecular formula is C10H14BrNO2. The second kappa shape index (κ2) is 4.66. The lowest BCUT2D eigenvalue weighted by Gasteiger charge is -2.13. The van der Waals surface area contributed by atoms with E-state index < -0.39 is 0 Å². The van der Waals surface area contributed by atoms with E-state index in [1.54, 1.807) is 6.07 Å². The fourth-order valence-corrected chi connectivity index (χ4v) is 1.67. The predicted molar refractivity (Wildman–Crippen MR) is 59.7 cm³/mol. The lowest BCUT2D eigenvalue weighted by molar-refractivity contribution is 0.367. The summed E-state index contributed by atoms with van der Waals surface area (Å²) in [5.41, 5.74) is 1.04. The summed E-state index contributed by atoms with van der Waals surface area (Å²) in [6.07, 6.45) is 0. The molecule has 0 aliphatic heterocycles. The maximum atomic E-state index is 9.70. The average molecular weight is 260 g/mol. The van der Waals surface area contributed by atoms with Crippen LogP contribution in [0.25, 0.3) is 0 Å². The fourth-order valence-electron chi connectivity index (χ4n) is 1.22. The minimum atomic E-state index is 0.159. The van der Waals surface area contributed by atoms with Gasteiger partial charge in [0.2, 0.25) is 0 Å². The molecule has 1 aromatic rings. The minimum Gasteiger partial charge on any atom is -0.503 e. The molecule has 78 valence electrons. The second-order valence-electron chi connectivity index (χ2n) is 3.33. The van der Waals surface area contributed by atoms with Crippen molar-refractivity contribution in [3.63, 3.8) is 0 Å². The van der Waals surface area contributed by atoms with Gasteiger partial charge in [-0.15, -0.1) is 0 Å². The zero-order valence-electron chi connectivity index (χ0n) is 8.54. The molecule has 3 nitrogen and oxygen atoms in total. The van der Waals surface area contributed by atoms with E-state index >= 15 is 0 Å². The van der Waals surface area contributed by atoms with Crippen LogP contribution in [0.3, 0.4) is 0 Å². The molecule has 0 aliphatic rings. The SMILES string of the molecule is COc1ccc(CN(C)C)c(Br)c1O. The van der Waals surface area contributed by atoms with Crippen molar-refractivity contribution in [2.24, 2.45) is 0 Å². The molecule has 0 atom stereocenters. The highest BCUT2D eigenvalue weighted by atomic mass is 79.9. The molecule has 0 spiro atoms. The molecule has 1 aromatic carbocycles. The summed E-state index contributed by atoms with van der Waals surface area (Å²) in [5, 5.41) is 9.70. The van der Waals surface area contributed by atoms with Gasteiger partial charge in [0.05, 0.1) is 11.6 Å². The lowest BCUT2D eigenvalue weighted by Crippen LogP contribution is -2.11. The van der Waals surface area contributed by atoms with Crippen molar-refractivity contribution >= 4 is 15.9 Å². The van der Waals surface area contributed by atoms with Crippen molar-refractivity contribution in [1.82, 2.24) is 4.90 Å². The molecular weight excluding hydrogens is 246 g/mol. The van der Waals surface area contributed by atoms with Crippen LogP contribution < -0.4 is 4.74 Å². The van der Waals surface area contributed by atoms with Gasteiger partial charge in [0.1, 0.15) is 0 Å². The highest BCUT2D eigenvalue weighted by Gasteiger charge is 2.10. The minimum absolute atomic E-state index is 0.159. The first-order chi connectivity index (χ1) is 6.56. The monoisotopic (exact) mass is 259 g/mol. The smallest absolute Gasteiger partial charge is 0.172 e. The van der Waals surface area contributed by atoms with Crippen molar-refractivity contribution in [2.75, 3.05) is 21.2 Å². The molecule has 4 heteroatoms. The summed E-state index contributed by atoms with van der Waals surface area (Å²) in [7, 11) is 5.49. The van der Waals surface area contributed by atoms with Crippen LogP contribution in [0.15, 0.2) is 16.6 Å². The summed E-state index contributed by atoms with van der Waals surface area (Å²) in [4.78, 5) is 2.03. The molecule has 0 saturated heterocycles. The van der Waals surface area contributed by atoms with E-state index in [2.05, 4.69) is 15.9 Å². The molecule has 0 aromatic heterocycles. The standard InChI is InChI=1S/C10H14BrNO2/c1-12(2)6-7-4-5-8(14-3)10(13)9(7)11/h4-5,13H,6H2,1-3H3. The van der Waals surface area contributed by atoms with Crippen LogP contribution in [0, 0.1) is 0 Å². The first-order valence-corrected chi connectivity index (χ1v) is 5.04. The van der Waals surface area contributed by atoms with Crippen LogP contribution in [0.5, 0.6) is 11.5 Å². The van der Waals surface area contributed by atoms with Crippen molar-refractivity contribution < 1.29 is 9.84 Å². The quantitative estimate of drug-likeness (QED) is 0.904. The van der Waals surface area contributed by atoms with Gasteiger partial charge in [-0.1, -0.05) is 6.07 Å². The molecule has 1 rings (SSSR count). The molecule has 0 saturated carbocycles. The summed E-state index contributed by atoms with van der Waals surface area (Å²) in [6, 6.07) is 3.70. The zero-order chi connectivity index (χ0) is 10.7. The number of rotatable bonds is 3. The number of hydrogen-bond donors (Lipinski definition) is 1. The Balaban J connectivity index is 3.04. The maximum Gasteiger partial charge on any atom is 0.172 e. The molecule has 0 aliphatic carbocycles. The van der Waals surface area contributed by atoms with Gasteiger partial charge >= 0.3 is 0 Å². The molecule has 0 unspecified atom stereocenters. The number of benzene rings is 1. The van der Waals surface area contributed by atoms with Crippen LogP contribution in [-0.4, -0.2) is 31.2 Å². The van der Waals surface area contributed by atoms with Crippen molar-refractivity contribution in [3.05, 3.63) is 22.2 Å². The Kier molecular flexibility index (Phi) is 3.77. The van der Waals surface area contributed by atoms with E-state index in [1.165, 1.54) is 7.11 Å². The van der Waals surface area contributed by atoms with Gasteiger partial charge in [-0.2, -0.15) is 0 Å². The Hall–Kier alpha value is -0.740. The number of aromatic hydroxyl groups is 1. The Labute approximate surface area is 92.4 Å². The third kappa shape index (κ3) is 2.39. The van der Waals surface area contributed by atoms with Gasteiger partial charge in [0.25, 0.3) is 0 Å². The number of phenols is 1. The summed E-state index contributed by atoms with van der Waals surface area (Å²) in [5.74, 6) is 0.645. The first-order valence-electron chi connectivity index (χ1n) is 4.25. The highest BCUT2D eigenvalue weighted by molar-refractivity contribution is 9.10. The zero-order valence-corrected chi connectivity index (χ0v) is 10.1. The Morgan fingerprint density at radius 3 is 2.57 bits per heavy atom. The first kappa shape index (κ1) is 11.3. The number of hydrogen-bond acceptors (Lipinski definition) is 3. The van der Waals surface area contributed by atoms with Crippen LogP contribution in [0.1, 0.15) is 5.56 Å². The van der Waals surface area contributed by atoms with Gasteiger partial charge in [0.15, 0.2) is 11.5 Å². The Bertz CT molecular complexity index is 326. The summed E-state index contributed by atoms with van der Waals surface area (Å²) in [6.45, 7) is 0.776. The fraction of sp³-hybridized carbons (Fsp3) is 0.400. The third-order valence-corrected chi connectivity index (χ3v) is 2.75. The number of phenolic OH excluding ortho intramolecular Hbond substituents is 1. The number of nitrogens with zero attached hydrogens (tertiary/aromatic N) is 1. The van der Waals surface area contributed by atoms with Gasteiger partial charge in [0, 0.05) is 6.54 Å². The molecule has 0 bridgehead atoms. The topological polar surface area (TPSA) is 32.7 Å². The van der Waals surface area contributed by atoms with Gasteiger partial charge < -0.3 is 14.7 Å². The largest absolute Gasteiger partial charge is 0.503 e. The average Bonchev–Trinajstić information content (AvgIpc) is 2.13. The number of halogens is 1. The predicted octanol–water partition coefficient (Wildman–Crippen LogP) is 2.22. The van der Waals surface area contributed by atoms with E-state index in [9.17, 15) is 5.11 Å². The molecule has 0 amide bonds. The van der Waals surface area contributed by atoms with Crippen LogP contribution in [-0.2, 0) is 6.54 Å². The van der Waals surface area contributed by atoms with Gasteiger partial charge in [-0.3, -0.25) is 0 Å². The molecule has 0 fully saturated rings. The van der Waals surface area contributed by atoms with E-state index in [0.29, 0.717) is 10.2 Å². The van der Waals surface area contributed by atoms with Crippen LogP contribution >= 0.6 is 15.9 Å². The lowest BCUT2D eigenvalue weighted by atomic mass is 10.2. The van der Waals surface area contributed by atoms with Gasteiger partial charge in [-0.25, -0.2) is 0 Å². The third-order valence-electron chi connectivity index (χ3n) is 1.87. The van der Waals surface area contributed by atoms with Crippen LogP contribution in [0.4, 0.5) is 0 Å². The summed E-state index contributed by atoms with van der Waals surface area (Å²) >= 11 is 3.34. The van der Waals surface area contributed by atoms with E-state index in [-0.39, 0.29) is 5.75 Å². The Morgan fingerprint density at radius 2 is 2.07 bits per heavy atom. The van der Waals surface area contributed by atoms with Gasteiger partial charge in [-0.05, 0) is 41.7 Å². The number of methoxy groups -OCH3 is 1. The molecule has 14 heavy (non-hydrogen) atoms. The summed E-state index contributed by atoms with van der Waals surface area (Å²) < 4.78 is 5.69. The highest BCUT2D eigenvalue weighted by Crippen LogP contribution is 2.36. The Morgan fingerprint density at radius 1 is 1.43 bits per heavy atom. The second-order valence-corrected chi connectivity index (χ2v) is 4.12. The van der Waals surface area contributed by atoms with Crippen molar-refractivity contribution in [1.29, 1.82) is 0 Å².